The van der Waals surface area contributed by atoms with Gasteiger partial charge in [0.2, 0.25) is 0 Å². The summed E-state index contributed by atoms with van der Waals surface area (Å²) >= 11 is 0. The van der Waals surface area contributed by atoms with Gasteiger partial charge in [-0.1, -0.05) is 20.3 Å². The molecule has 4 aliphatic rings. The van der Waals surface area contributed by atoms with Crippen LogP contribution in [0.1, 0.15) is 71.6 Å². The van der Waals surface area contributed by atoms with Crippen LogP contribution in [0, 0.1) is 34.5 Å². The lowest BCUT2D eigenvalue weighted by Gasteiger charge is -2.61. The Morgan fingerprint density at radius 2 is 1.76 bits per heavy atom. The van der Waals surface area contributed by atoms with Gasteiger partial charge in [0.25, 0.3) is 0 Å². The third kappa shape index (κ3) is 1.97. The van der Waals surface area contributed by atoms with Gasteiger partial charge in [0.1, 0.15) is 0 Å². The predicted molar refractivity (Wildman–Crippen MR) is 83.7 cm³/mol. The molecule has 0 bridgehead atoms. The van der Waals surface area contributed by atoms with Crippen LogP contribution in [0.3, 0.4) is 0 Å². The summed E-state index contributed by atoms with van der Waals surface area (Å²) in [7, 11) is 0. The first kappa shape index (κ1) is 14.5. The van der Waals surface area contributed by atoms with Crippen LogP contribution in [-0.2, 0) is 0 Å². The van der Waals surface area contributed by atoms with E-state index in [1.807, 2.05) is 0 Å². The van der Waals surface area contributed by atoms with Crippen molar-refractivity contribution in [3.05, 3.63) is 0 Å². The van der Waals surface area contributed by atoms with Gasteiger partial charge in [0, 0.05) is 0 Å². The van der Waals surface area contributed by atoms with Gasteiger partial charge in [0.05, 0.1) is 12.2 Å². The van der Waals surface area contributed by atoms with E-state index in [-0.39, 0.29) is 17.6 Å². The average Bonchev–Trinajstić information content (AvgIpc) is 2.80. The Morgan fingerprint density at radius 1 is 0.952 bits per heavy atom. The highest BCUT2D eigenvalue weighted by molar-refractivity contribution is 5.10. The predicted octanol–water partition coefficient (Wildman–Crippen LogP) is 3.75. The van der Waals surface area contributed by atoms with Crippen molar-refractivity contribution in [2.45, 2.75) is 83.8 Å². The molecule has 4 aliphatic carbocycles. The number of rotatable bonds is 0. The van der Waals surface area contributed by atoms with E-state index >= 15 is 0 Å². The van der Waals surface area contributed by atoms with Crippen molar-refractivity contribution in [2.75, 3.05) is 0 Å². The fourth-order valence-electron chi connectivity index (χ4n) is 7.37. The molecule has 8 atom stereocenters. The molecule has 2 N–H and O–H groups in total. The van der Waals surface area contributed by atoms with Gasteiger partial charge < -0.3 is 10.2 Å². The molecule has 1 unspecified atom stereocenters. The number of hydrogen-bond acceptors (Lipinski definition) is 2. The van der Waals surface area contributed by atoms with Crippen molar-refractivity contribution in [1.82, 2.24) is 0 Å². The Kier molecular flexibility index (Phi) is 3.25. The quantitative estimate of drug-likeness (QED) is 0.714. The summed E-state index contributed by atoms with van der Waals surface area (Å²) in [6.45, 7) is 4.89. The van der Waals surface area contributed by atoms with Gasteiger partial charge in [-0.2, -0.15) is 0 Å². The summed E-state index contributed by atoms with van der Waals surface area (Å²) in [5.74, 6) is 2.75. The van der Waals surface area contributed by atoms with Crippen LogP contribution in [0.2, 0.25) is 0 Å². The number of fused-ring (bicyclic) bond motifs is 5. The van der Waals surface area contributed by atoms with Crippen molar-refractivity contribution in [3.63, 3.8) is 0 Å². The minimum atomic E-state index is -0.0996. The first-order valence-electron chi connectivity index (χ1n) is 9.30. The van der Waals surface area contributed by atoms with Crippen LogP contribution in [0.5, 0.6) is 0 Å². The summed E-state index contributed by atoms with van der Waals surface area (Å²) < 4.78 is 0. The second kappa shape index (κ2) is 4.71. The molecule has 0 saturated heterocycles. The molecule has 4 rings (SSSR count). The number of hydrogen-bond donors (Lipinski definition) is 2. The zero-order valence-corrected chi connectivity index (χ0v) is 13.7. The molecule has 0 aromatic rings. The third-order valence-electron chi connectivity index (χ3n) is 8.34. The van der Waals surface area contributed by atoms with Crippen molar-refractivity contribution < 1.29 is 10.2 Å². The van der Waals surface area contributed by atoms with Crippen molar-refractivity contribution in [3.8, 4) is 0 Å². The summed E-state index contributed by atoms with van der Waals surface area (Å²) in [5.41, 5.74) is 0.698. The molecule has 4 saturated carbocycles. The molecular weight excluding hydrogens is 260 g/mol. The molecule has 2 nitrogen and oxygen atoms in total. The average molecular weight is 292 g/mol. The molecule has 0 heterocycles. The molecule has 0 amide bonds. The summed E-state index contributed by atoms with van der Waals surface area (Å²) in [4.78, 5) is 0. The monoisotopic (exact) mass is 292 g/mol. The maximum Gasteiger partial charge on any atom is 0.0581 e. The van der Waals surface area contributed by atoms with Crippen LogP contribution in [-0.4, -0.2) is 22.4 Å². The number of aliphatic hydroxyl groups is 2. The lowest BCUT2D eigenvalue weighted by atomic mass is 9.44. The van der Waals surface area contributed by atoms with E-state index in [1.54, 1.807) is 0 Å². The molecule has 21 heavy (non-hydrogen) atoms. The molecule has 2 heteroatoms. The highest BCUT2D eigenvalue weighted by Gasteiger charge is 2.60. The minimum absolute atomic E-state index is 0.0860. The smallest absolute Gasteiger partial charge is 0.0581 e. The third-order valence-corrected chi connectivity index (χ3v) is 8.34. The summed E-state index contributed by atoms with van der Waals surface area (Å²) in [6, 6.07) is 0. The van der Waals surface area contributed by atoms with Crippen LogP contribution in [0.15, 0.2) is 0 Å². The maximum absolute atomic E-state index is 11.0. The number of aliphatic hydroxyl groups excluding tert-OH is 2. The summed E-state index contributed by atoms with van der Waals surface area (Å²) in [5, 5.41) is 21.1. The summed E-state index contributed by atoms with van der Waals surface area (Å²) in [6.07, 6.45) is 10.6. The van der Waals surface area contributed by atoms with E-state index in [9.17, 15) is 10.2 Å². The first-order chi connectivity index (χ1) is 9.94. The molecule has 4 fully saturated rings. The molecular formula is C19H32O2. The van der Waals surface area contributed by atoms with Crippen molar-refractivity contribution >= 4 is 0 Å². The van der Waals surface area contributed by atoms with Crippen molar-refractivity contribution in [1.29, 1.82) is 0 Å². The molecule has 0 spiro atoms. The fourth-order valence-corrected chi connectivity index (χ4v) is 7.37. The minimum Gasteiger partial charge on any atom is -0.393 e. The van der Waals surface area contributed by atoms with Gasteiger partial charge in [-0.25, -0.2) is 0 Å². The maximum atomic E-state index is 11.0. The topological polar surface area (TPSA) is 40.5 Å². The van der Waals surface area contributed by atoms with E-state index in [0.717, 1.165) is 37.5 Å². The highest BCUT2D eigenvalue weighted by atomic mass is 16.3. The molecule has 0 aromatic carbocycles. The Hall–Kier alpha value is -0.0800. The van der Waals surface area contributed by atoms with Gasteiger partial charge in [0.15, 0.2) is 0 Å². The van der Waals surface area contributed by atoms with E-state index in [1.165, 1.54) is 32.1 Å². The van der Waals surface area contributed by atoms with E-state index in [2.05, 4.69) is 13.8 Å². The molecule has 0 radical (unpaired) electrons. The van der Waals surface area contributed by atoms with Gasteiger partial charge in [-0.05, 0) is 85.9 Å². The highest BCUT2D eigenvalue weighted by Crippen LogP contribution is 2.66. The largest absolute Gasteiger partial charge is 0.393 e. The standard InChI is InChI=1S/C19H32O2/c1-18-8-3-4-15(18)14-6-5-12-10-13(20)7-9-19(12,2)17(14)16(21)11-18/h12-17,20-21H,3-11H2,1-2H3/t12-,13+,14?,15-,16-,17+,18-,19-/m0/s1. The second-order valence-electron chi connectivity index (χ2n) is 9.32. The van der Waals surface area contributed by atoms with Gasteiger partial charge in [-0.15, -0.1) is 0 Å². The van der Waals surface area contributed by atoms with Crippen molar-refractivity contribution in [2.24, 2.45) is 34.5 Å². The van der Waals surface area contributed by atoms with Crippen LogP contribution in [0.4, 0.5) is 0 Å². The Balaban J connectivity index is 1.67. The zero-order chi connectivity index (χ0) is 14.8. The molecule has 0 aromatic heterocycles. The lowest BCUT2D eigenvalue weighted by molar-refractivity contribution is -0.171. The second-order valence-corrected chi connectivity index (χ2v) is 9.32. The SMILES string of the molecule is C[C@@]12CCC[C@H]1C1CC[C@H]3C[C@H](O)CC[C@]3(C)[C@H]1[C@@H](O)C2. The Labute approximate surface area is 129 Å². The van der Waals surface area contributed by atoms with E-state index < -0.39 is 0 Å². The first-order valence-corrected chi connectivity index (χ1v) is 9.30. The zero-order valence-electron chi connectivity index (χ0n) is 13.7. The normalized spacial score (nSPS) is 60.0. The lowest BCUT2D eigenvalue weighted by Crippen LogP contribution is -2.58. The van der Waals surface area contributed by atoms with Gasteiger partial charge >= 0.3 is 0 Å². The van der Waals surface area contributed by atoms with Crippen LogP contribution < -0.4 is 0 Å². The molecule has 0 aliphatic heterocycles. The Bertz CT molecular complexity index is 422. The van der Waals surface area contributed by atoms with Gasteiger partial charge in [-0.3, -0.25) is 0 Å². The molecule has 120 valence electrons. The van der Waals surface area contributed by atoms with E-state index in [4.69, 9.17) is 0 Å². The van der Waals surface area contributed by atoms with E-state index in [0.29, 0.717) is 17.3 Å². The van der Waals surface area contributed by atoms with Crippen LogP contribution in [0.25, 0.3) is 0 Å². The Morgan fingerprint density at radius 3 is 2.57 bits per heavy atom. The van der Waals surface area contributed by atoms with Crippen LogP contribution >= 0.6 is 0 Å². The fraction of sp³-hybridized carbons (Fsp3) is 1.00.